The fraction of sp³-hybridized carbons (Fsp3) is 0.545. The quantitative estimate of drug-likeness (QED) is 0.707. The lowest BCUT2D eigenvalue weighted by molar-refractivity contribution is 0.229. The Morgan fingerprint density at radius 3 is 2.93 bits per heavy atom. The van der Waals surface area contributed by atoms with Crippen molar-refractivity contribution in [3.63, 3.8) is 0 Å². The van der Waals surface area contributed by atoms with Crippen molar-refractivity contribution in [1.82, 2.24) is 9.88 Å². The molecule has 0 aliphatic carbocycles. The molecular formula is C11H15FN2O. The van der Waals surface area contributed by atoms with E-state index in [0.717, 1.165) is 19.6 Å². The lowest BCUT2D eigenvalue weighted by atomic mass is 10.4. The number of ether oxygens (including phenoxy) is 1. The van der Waals surface area contributed by atoms with Gasteiger partial charge >= 0.3 is 0 Å². The van der Waals surface area contributed by atoms with Gasteiger partial charge in [0.15, 0.2) is 5.75 Å². The molecule has 0 unspecified atom stereocenters. The SMILES string of the molecule is Fc1ncccc1OCCN1CCCC1. The fourth-order valence-corrected chi connectivity index (χ4v) is 1.77. The second-order valence-electron chi connectivity index (χ2n) is 3.69. The van der Waals surface area contributed by atoms with Gasteiger partial charge in [-0.15, -0.1) is 0 Å². The van der Waals surface area contributed by atoms with Crippen molar-refractivity contribution in [2.45, 2.75) is 12.8 Å². The van der Waals surface area contributed by atoms with E-state index in [4.69, 9.17) is 4.74 Å². The first-order valence-corrected chi connectivity index (χ1v) is 5.32. The van der Waals surface area contributed by atoms with Gasteiger partial charge in [-0.2, -0.15) is 4.39 Å². The Kier molecular flexibility index (Phi) is 3.50. The molecule has 1 aromatic rings. The van der Waals surface area contributed by atoms with Gasteiger partial charge in [0.1, 0.15) is 6.61 Å². The Morgan fingerprint density at radius 2 is 2.20 bits per heavy atom. The maximum Gasteiger partial charge on any atom is 0.255 e. The average Bonchev–Trinajstić information content (AvgIpc) is 2.74. The van der Waals surface area contributed by atoms with E-state index in [0.29, 0.717) is 6.61 Å². The molecule has 1 fully saturated rings. The molecule has 15 heavy (non-hydrogen) atoms. The van der Waals surface area contributed by atoms with E-state index >= 15 is 0 Å². The highest BCUT2D eigenvalue weighted by atomic mass is 19.1. The van der Waals surface area contributed by atoms with E-state index in [1.165, 1.54) is 19.0 Å². The van der Waals surface area contributed by atoms with Crippen LogP contribution in [0.15, 0.2) is 18.3 Å². The highest BCUT2D eigenvalue weighted by Crippen LogP contribution is 2.13. The minimum Gasteiger partial charge on any atom is -0.487 e. The van der Waals surface area contributed by atoms with Crippen molar-refractivity contribution in [3.8, 4) is 5.75 Å². The summed E-state index contributed by atoms with van der Waals surface area (Å²) in [5, 5.41) is 0. The molecule has 0 aromatic carbocycles. The second-order valence-corrected chi connectivity index (χ2v) is 3.69. The molecule has 1 aliphatic rings. The number of pyridine rings is 1. The Balaban J connectivity index is 1.75. The molecule has 2 heterocycles. The largest absolute Gasteiger partial charge is 0.487 e. The number of halogens is 1. The summed E-state index contributed by atoms with van der Waals surface area (Å²) in [6, 6.07) is 3.28. The van der Waals surface area contributed by atoms with Gasteiger partial charge in [0.2, 0.25) is 0 Å². The van der Waals surface area contributed by atoms with Gasteiger partial charge in [-0.1, -0.05) is 0 Å². The standard InChI is InChI=1S/C11H15FN2O/c12-11-10(4-3-5-13-11)15-9-8-14-6-1-2-7-14/h3-5H,1-2,6-9H2. The van der Waals surface area contributed by atoms with Crippen LogP contribution in [0.1, 0.15) is 12.8 Å². The van der Waals surface area contributed by atoms with Crippen molar-refractivity contribution in [2.75, 3.05) is 26.2 Å². The summed E-state index contributed by atoms with van der Waals surface area (Å²) in [7, 11) is 0. The van der Waals surface area contributed by atoms with Crippen molar-refractivity contribution >= 4 is 0 Å². The maximum absolute atomic E-state index is 13.0. The van der Waals surface area contributed by atoms with Gasteiger partial charge in [0.05, 0.1) is 0 Å². The lowest BCUT2D eigenvalue weighted by Crippen LogP contribution is -2.25. The molecule has 0 spiro atoms. The van der Waals surface area contributed by atoms with Crippen molar-refractivity contribution in [2.24, 2.45) is 0 Å². The number of aromatic nitrogens is 1. The molecule has 82 valence electrons. The Morgan fingerprint density at radius 1 is 1.40 bits per heavy atom. The molecule has 2 rings (SSSR count). The van der Waals surface area contributed by atoms with Crippen LogP contribution in [0.2, 0.25) is 0 Å². The van der Waals surface area contributed by atoms with Crippen LogP contribution in [-0.4, -0.2) is 36.1 Å². The zero-order valence-corrected chi connectivity index (χ0v) is 8.66. The molecule has 4 heteroatoms. The predicted molar refractivity (Wildman–Crippen MR) is 55.4 cm³/mol. The summed E-state index contributed by atoms with van der Waals surface area (Å²) >= 11 is 0. The number of nitrogens with zero attached hydrogens (tertiary/aromatic N) is 2. The van der Waals surface area contributed by atoms with Gasteiger partial charge in [-0.25, -0.2) is 4.98 Å². The fourth-order valence-electron chi connectivity index (χ4n) is 1.77. The van der Waals surface area contributed by atoms with E-state index in [2.05, 4.69) is 9.88 Å². The summed E-state index contributed by atoms with van der Waals surface area (Å²) in [5.41, 5.74) is 0. The van der Waals surface area contributed by atoms with Crippen molar-refractivity contribution in [1.29, 1.82) is 0 Å². The predicted octanol–water partition coefficient (Wildman–Crippen LogP) is 1.70. The van der Waals surface area contributed by atoms with Crippen LogP contribution in [0.3, 0.4) is 0 Å². The van der Waals surface area contributed by atoms with Crippen LogP contribution in [-0.2, 0) is 0 Å². The second kappa shape index (κ2) is 5.07. The minimum atomic E-state index is -0.529. The van der Waals surface area contributed by atoms with Crippen LogP contribution < -0.4 is 4.74 Å². The number of hydrogen-bond acceptors (Lipinski definition) is 3. The molecule has 0 N–H and O–H groups in total. The third-order valence-corrected chi connectivity index (χ3v) is 2.59. The highest BCUT2D eigenvalue weighted by Gasteiger charge is 2.11. The van der Waals surface area contributed by atoms with Crippen LogP contribution in [0, 0.1) is 5.95 Å². The number of rotatable bonds is 4. The zero-order chi connectivity index (χ0) is 10.5. The van der Waals surface area contributed by atoms with Crippen molar-refractivity contribution < 1.29 is 9.13 Å². The molecule has 1 aromatic heterocycles. The Labute approximate surface area is 88.9 Å². The molecule has 1 saturated heterocycles. The summed E-state index contributed by atoms with van der Waals surface area (Å²) in [4.78, 5) is 5.85. The first-order valence-electron chi connectivity index (χ1n) is 5.32. The van der Waals surface area contributed by atoms with Crippen LogP contribution in [0.5, 0.6) is 5.75 Å². The summed E-state index contributed by atoms with van der Waals surface area (Å²) < 4.78 is 18.4. The third-order valence-electron chi connectivity index (χ3n) is 2.59. The smallest absolute Gasteiger partial charge is 0.255 e. The first-order chi connectivity index (χ1) is 7.36. The number of hydrogen-bond donors (Lipinski definition) is 0. The van der Waals surface area contributed by atoms with E-state index < -0.39 is 5.95 Å². The van der Waals surface area contributed by atoms with Gasteiger partial charge in [-0.3, -0.25) is 4.90 Å². The molecule has 3 nitrogen and oxygen atoms in total. The molecule has 0 radical (unpaired) electrons. The summed E-state index contributed by atoms with van der Waals surface area (Å²) in [6.07, 6.45) is 3.95. The number of likely N-dealkylation sites (tertiary alicyclic amines) is 1. The van der Waals surface area contributed by atoms with E-state index in [1.54, 1.807) is 12.1 Å². The zero-order valence-electron chi connectivity index (χ0n) is 8.66. The van der Waals surface area contributed by atoms with Crippen LogP contribution >= 0.6 is 0 Å². The third kappa shape index (κ3) is 2.89. The van der Waals surface area contributed by atoms with Crippen LogP contribution in [0.25, 0.3) is 0 Å². The highest BCUT2D eigenvalue weighted by molar-refractivity contribution is 5.17. The van der Waals surface area contributed by atoms with Gasteiger partial charge in [-0.05, 0) is 38.1 Å². The molecular weight excluding hydrogens is 195 g/mol. The molecule has 0 saturated carbocycles. The van der Waals surface area contributed by atoms with E-state index in [1.807, 2.05) is 0 Å². The normalized spacial score (nSPS) is 16.9. The van der Waals surface area contributed by atoms with Gasteiger partial charge < -0.3 is 4.74 Å². The first kappa shape index (κ1) is 10.4. The average molecular weight is 210 g/mol. The van der Waals surface area contributed by atoms with Gasteiger partial charge in [0.25, 0.3) is 5.95 Å². The van der Waals surface area contributed by atoms with Gasteiger partial charge in [0, 0.05) is 12.7 Å². The monoisotopic (exact) mass is 210 g/mol. The van der Waals surface area contributed by atoms with Crippen LogP contribution in [0.4, 0.5) is 4.39 Å². The summed E-state index contributed by atoms with van der Waals surface area (Å²) in [6.45, 7) is 3.68. The minimum absolute atomic E-state index is 0.247. The lowest BCUT2D eigenvalue weighted by Gasteiger charge is -2.14. The topological polar surface area (TPSA) is 25.4 Å². The molecule has 0 amide bonds. The molecule has 0 atom stereocenters. The Bertz CT molecular complexity index is 313. The molecule has 0 bridgehead atoms. The maximum atomic E-state index is 13.0. The van der Waals surface area contributed by atoms with E-state index in [-0.39, 0.29) is 5.75 Å². The summed E-state index contributed by atoms with van der Waals surface area (Å²) in [5.74, 6) is -0.282. The van der Waals surface area contributed by atoms with E-state index in [9.17, 15) is 4.39 Å². The molecule has 1 aliphatic heterocycles. The Hall–Kier alpha value is -1.16. The van der Waals surface area contributed by atoms with Crippen molar-refractivity contribution in [3.05, 3.63) is 24.3 Å².